The smallest absolute Gasteiger partial charge is 0.131 e. The summed E-state index contributed by atoms with van der Waals surface area (Å²) in [6, 6.07) is 10.5. The van der Waals surface area contributed by atoms with Crippen LogP contribution in [-0.2, 0) is 6.42 Å². The van der Waals surface area contributed by atoms with Crippen LogP contribution in [0.2, 0.25) is 0 Å². The topological polar surface area (TPSA) is 49.8 Å². The van der Waals surface area contributed by atoms with Crippen molar-refractivity contribution in [2.24, 2.45) is 0 Å². The normalized spacial score (nSPS) is 10.2. The van der Waals surface area contributed by atoms with Crippen LogP contribution in [0.15, 0.2) is 36.7 Å². The number of benzene rings is 1. The number of aromatic nitrogens is 2. The van der Waals surface area contributed by atoms with E-state index < -0.39 is 0 Å². The second kappa shape index (κ2) is 6.73. The Balaban J connectivity index is 1.85. The average Bonchev–Trinajstić information content (AvgIpc) is 2.42. The molecule has 4 heteroatoms. The summed E-state index contributed by atoms with van der Waals surface area (Å²) >= 11 is 0. The standard InChI is InChI=1S/C15H20N4/c1-3-16-14-10-15(19-11-18-14)17-9-8-13-6-4-12(2)5-7-13/h4-7,10-11H,3,8-9H2,1-2H3,(H2,16,17,18,19). The summed E-state index contributed by atoms with van der Waals surface area (Å²) in [6.45, 7) is 5.88. The second-order valence-corrected chi connectivity index (χ2v) is 4.48. The van der Waals surface area contributed by atoms with Crippen molar-refractivity contribution in [1.82, 2.24) is 9.97 Å². The summed E-state index contributed by atoms with van der Waals surface area (Å²) < 4.78 is 0. The molecule has 0 radical (unpaired) electrons. The highest BCUT2D eigenvalue weighted by atomic mass is 15.1. The zero-order valence-corrected chi connectivity index (χ0v) is 11.5. The molecule has 19 heavy (non-hydrogen) atoms. The highest BCUT2D eigenvalue weighted by molar-refractivity contribution is 5.46. The van der Waals surface area contributed by atoms with Crippen LogP contribution < -0.4 is 10.6 Å². The molecule has 0 aliphatic rings. The van der Waals surface area contributed by atoms with E-state index in [-0.39, 0.29) is 0 Å². The maximum atomic E-state index is 4.20. The summed E-state index contributed by atoms with van der Waals surface area (Å²) in [6.07, 6.45) is 2.56. The van der Waals surface area contributed by atoms with Gasteiger partial charge in [-0.05, 0) is 25.8 Å². The summed E-state index contributed by atoms with van der Waals surface area (Å²) in [5.74, 6) is 1.72. The van der Waals surface area contributed by atoms with Crippen LogP contribution in [0.25, 0.3) is 0 Å². The van der Waals surface area contributed by atoms with Gasteiger partial charge in [-0.15, -0.1) is 0 Å². The van der Waals surface area contributed by atoms with E-state index in [4.69, 9.17) is 0 Å². The van der Waals surface area contributed by atoms with Crippen LogP contribution in [0, 0.1) is 6.92 Å². The highest BCUT2D eigenvalue weighted by Gasteiger charge is 1.98. The van der Waals surface area contributed by atoms with E-state index >= 15 is 0 Å². The maximum Gasteiger partial charge on any atom is 0.131 e. The van der Waals surface area contributed by atoms with Crippen molar-refractivity contribution in [1.29, 1.82) is 0 Å². The van der Waals surface area contributed by atoms with Gasteiger partial charge in [0.1, 0.15) is 18.0 Å². The third-order valence-corrected chi connectivity index (χ3v) is 2.87. The largest absolute Gasteiger partial charge is 0.370 e. The number of nitrogens with zero attached hydrogens (tertiary/aromatic N) is 2. The quantitative estimate of drug-likeness (QED) is 0.834. The van der Waals surface area contributed by atoms with E-state index in [0.29, 0.717) is 0 Å². The predicted molar refractivity (Wildman–Crippen MR) is 79.6 cm³/mol. The Labute approximate surface area is 114 Å². The molecule has 0 saturated carbocycles. The molecule has 0 aliphatic carbocycles. The van der Waals surface area contributed by atoms with Crippen LogP contribution >= 0.6 is 0 Å². The van der Waals surface area contributed by atoms with E-state index in [1.54, 1.807) is 6.33 Å². The number of anilines is 2. The fourth-order valence-electron chi connectivity index (χ4n) is 1.82. The van der Waals surface area contributed by atoms with Crippen molar-refractivity contribution in [2.75, 3.05) is 23.7 Å². The van der Waals surface area contributed by atoms with Crippen LogP contribution in [0.4, 0.5) is 11.6 Å². The van der Waals surface area contributed by atoms with E-state index in [1.165, 1.54) is 11.1 Å². The summed E-state index contributed by atoms with van der Waals surface area (Å²) in [4.78, 5) is 8.35. The third-order valence-electron chi connectivity index (χ3n) is 2.87. The lowest BCUT2D eigenvalue weighted by molar-refractivity contribution is 0.996. The molecule has 0 spiro atoms. The fourth-order valence-corrected chi connectivity index (χ4v) is 1.82. The van der Waals surface area contributed by atoms with Gasteiger partial charge < -0.3 is 10.6 Å². The van der Waals surface area contributed by atoms with Gasteiger partial charge in [-0.2, -0.15) is 0 Å². The lowest BCUT2D eigenvalue weighted by Gasteiger charge is -2.07. The van der Waals surface area contributed by atoms with E-state index in [1.807, 2.05) is 13.0 Å². The number of rotatable bonds is 6. The Bertz CT molecular complexity index is 508. The minimum absolute atomic E-state index is 0.857. The molecule has 0 saturated heterocycles. The Kier molecular flexibility index (Phi) is 4.72. The lowest BCUT2D eigenvalue weighted by atomic mass is 10.1. The van der Waals surface area contributed by atoms with Crippen molar-refractivity contribution in [3.8, 4) is 0 Å². The lowest BCUT2D eigenvalue weighted by Crippen LogP contribution is -2.07. The molecule has 4 nitrogen and oxygen atoms in total. The predicted octanol–water partition coefficient (Wildman–Crippen LogP) is 2.87. The van der Waals surface area contributed by atoms with Gasteiger partial charge in [-0.3, -0.25) is 0 Å². The molecule has 2 rings (SSSR count). The van der Waals surface area contributed by atoms with Crippen molar-refractivity contribution in [2.45, 2.75) is 20.3 Å². The van der Waals surface area contributed by atoms with Crippen LogP contribution in [-0.4, -0.2) is 23.1 Å². The third kappa shape index (κ3) is 4.25. The van der Waals surface area contributed by atoms with Crippen molar-refractivity contribution in [3.05, 3.63) is 47.8 Å². The molecule has 0 amide bonds. The van der Waals surface area contributed by atoms with Gasteiger partial charge in [-0.25, -0.2) is 9.97 Å². The van der Waals surface area contributed by atoms with Crippen molar-refractivity contribution >= 4 is 11.6 Å². The molecule has 0 fully saturated rings. The molecule has 1 aromatic heterocycles. The van der Waals surface area contributed by atoms with Gasteiger partial charge in [-0.1, -0.05) is 29.8 Å². The molecule has 100 valence electrons. The van der Waals surface area contributed by atoms with Gasteiger partial charge in [0.05, 0.1) is 0 Å². The van der Waals surface area contributed by atoms with Crippen LogP contribution in [0.5, 0.6) is 0 Å². The van der Waals surface area contributed by atoms with E-state index in [0.717, 1.165) is 31.1 Å². The number of nitrogens with one attached hydrogen (secondary N) is 2. The molecule has 1 heterocycles. The van der Waals surface area contributed by atoms with Crippen LogP contribution in [0.1, 0.15) is 18.1 Å². The average molecular weight is 256 g/mol. The summed E-state index contributed by atoms with van der Waals surface area (Å²) in [7, 11) is 0. The molecule has 0 bridgehead atoms. The summed E-state index contributed by atoms with van der Waals surface area (Å²) in [5.41, 5.74) is 2.63. The first-order valence-electron chi connectivity index (χ1n) is 6.63. The molecule has 2 N–H and O–H groups in total. The number of hydrogen-bond acceptors (Lipinski definition) is 4. The molecule has 0 atom stereocenters. The first-order valence-corrected chi connectivity index (χ1v) is 6.63. The SMILES string of the molecule is CCNc1cc(NCCc2ccc(C)cc2)ncn1. The minimum atomic E-state index is 0.857. The van der Waals surface area contributed by atoms with Crippen molar-refractivity contribution < 1.29 is 0 Å². The molecule has 0 unspecified atom stereocenters. The zero-order valence-electron chi connectivity index (χ0n) is 11.5. The molecular formula is C15H20N4. The van der Waals surface area contributed by atoms with Crippen LogP contribution in [0.3, 0.4) is 0 Å². The van der Waals surface area contributed by atoms with E-state index in [2.05, 4.69) is 51.8 Å². The molecule has 1 aromatic carbocycles. The van der Waals surface area contributed by atoms with Crippen molar-refractivity contribution in [3.63, 3.8) is 0 Å². The molecular weight excluding hydrogens is 236 g/mol. The maximum absolute atomic E-state index is 4.20. The Morgan fingerprint density at radius 1 is 1.00 bits per heavy atom. The monoisotopic (exact) mass is 256 g/mol. The van der Waals surface area contributed by atoms with Gasteiger partial charge in [0.15, 0.2) is 0 Å². The second-order valence-electron chi connectivity index (χ2n) is 4.48. The molecule has 0 aliphatic heterocycles. The number of aryl methyl sites for hydroxylation is 1. The Morgan fingerprint density at radius 3 is 2.37 bits per heavy atom. The van der Waals surface area contributed by atoms with Gasteiger partial charge >= 0.3 is 0 Å². The Hall–Kier alpha value is -2.10. The fraction of sp³-hybridized carbons (Fsp3) is 0.333. The summed E-state index contributed by atoms with van der Waals surface area (Å²) in [5, 5.41) is 6.49. The first-order chi connectivity index (χ1) is 9.28. The van der Waals surface area contributed by atoms with E-state index in [9.17, 15) is 0 Å². The number of hydrogen-bond donors (Lipinski definition) is 2. The highest BCUT2D eigenvalue weighted by Crippen LogP contribution is 2.09. The van der Waals surface area contributed by atoms with Gasteiger partial charge in [0, 0.05) is 19.2 Å². The minimum Gasteiger partial charge on any atom is -0.370 e. The zero-order chi connectivity index (χ0) is 13.5. The van der Waals surface area contributed by atoms with Gasteiger partial charge in [0.2, 0.25) is 0 Å². The first kappa shape index (κ1) is 13.3. The van der Waals surface area contributed by atoms with Gasteiger partial charge in [0.25, 0.3) is 0 Å². The molecule has 2 aromatic rings. The Morgan fingerprint density at radius 2 is 1.68 bits per heavy atom.